The van der Waals surface area contributed by atoms with Crippen molar-refractivity contribution >= 4 is 23.5 Å². The second-order valence-electron chi connectivity index (χ2n) is 8.20. The molecule has 0 unspecified atom stereocenters. The van der Waals surface area contributed by atoms with Crippen molar-refractivity contribution in [3.63, 3.8) is 0 Å². The van der Waals surface area contributed by atoms with Crippen molar-refractivity contribution in [3.05, 3.63) is 66.2 Å². The number of nitrogens with zero attached hydrogens (tertiary/aromatic N) is 1. The molecule has 0 radical (unpaired) electrons. The largest absolute Gasteiger partial charge is 0.423 e. The van der Waals surface area contributed by atoms with E-state index in [1.54, 1.807) is 30.8 Å². The van der Waals surface area contributed by atoms with E-state index in [1.165, 1.54) is 6.42 Å². The van der Waals surface area contributed by atoms with Crippen LogP contribution in [-0.4, -0.2) is 35.3 Å². The summed E-state index contributed by atoms with van der Waals surface area (Å²) in [7, 11) is 0. The summed E-state index contributed by atoms with van der Waals surface area (Å²) in [5, 5.41) is 0. The lowest BCUT2D eigenvalue weighted by molar-refractivity contribution is -0.130. The summed E-state index contributed by atoms with van der Waals surface area (Å²) in [6, 6.07) is 15.1. The number of carbonyl (C=O) groups is 2. The van der Waals surface area contributed by atoms with Crippen LogP contribution in [0.3, 0.4) is 0 Å². The molecule has 1 saturated heterocycles. The monoisotopic (exact) mass is 423 g/mol. The zero-order valence-corrected chi connectivity index (χ0v) is 18.8. The molecule has 0 aliphatic carbocycles. The second kappa shape index (κ2) is 9.63. The van der Waals surface area contributed by atoms with E-state index in [4.69, 9.17) is 4.74 Å². The summed E-state index contributed by atoms with van der Waals surface area (Å²) in [5.41, 5.74) is 0.634. The number of benzene rings is 2. The number of rotatable bonds is 7. The van der Waals surface area contributed by atoms with Crippen molar-refractivity contribution in [2.45, 2.75) is 55.4 Å². The highest BCUT2D eigenvalue weighted by atomic mass is 32.2. The zero-order chi connectivity index (χ0) is 21.7. The minimum atomic E-state index is -0.480. The molecule has 0 amide bonds. The van der Waals surface area contributed by atoms with Gasteiger partial charge in [0.25, 0.3) is 0 Å². The minimum Gasteiger partial charge on any atom is -0.423 e. The Hall–Kier alpha value is -2.37. The number of ether oxygens (including phenoxy) is 1. The van der Waals surface area contributed by atoms with Crippen LogP contribution in [-0.2, 0) is 4.79 Å². The van der Waals surface area contributed by atoms with Crippen LogP contribution in [0.2, 0.25) is 0 Å². The lowest BCUT2D eigenvalue weighted by Crippen LogP contribution is -2.52. The quantitative estimate of drug-likeness (QED) is 0.245. The Morgan fingerprint density at radius 3 is 2.00 bits per heavy atom. The van der Waals surface area contributed by atoms with E-state index in [0.717, 1.165) is 41.3 Å². The van der Waals surface area contributed by atoms with Gasteiger partial charge in [-0.05, 0) is 83.1 Å². The van der Waals surface area contributed by atoms with E-state index in [1.807, 2.05) is 50.2 Å². The Labute approximate surface area is 183 Å². The first-order chi connectivity index (χ1) is 14.3. The molecule has 158 valence electrons. The van der Waals surface area contributed by atoms with Gasteiger partial charge in [0.1, 0.15) is 5.75 Å². The lowest BCUT2D eigenvalue weighted by Gasteiger charge is -2.39. The molecule has 1 aliphatic heterocycles. The number of esters is 1. The highest BCUT2D eigenvalue weighted by Crippen LogP contribution is 2.31. The molecule has 3 rings (SSSR count). The van der Waals surface area contributed by atoms with Gasteiger partial charge in [0.05, 0.1) is 5.54 Å². The molecule has 0 saturated carbocycles. The van der Waals surface area contributed by atoms with Gasteiger partial charge >= 0.3 is 5.97 Å². The fraction of sp³-hybridized carbons (Fsp3) is 0.360. The zero-order valence-electron chi connectivity index (χ0n) is 17.9. The summed E-state index contributed by atoms with van der Waals surface area (Å²) >= 11 is 1.60. The fourth-order valence-electron chi connectivity index (χ4n) is 3.53. The Morgan fingerprint density at radius 2 is 1.47 bits per heavy atom. The van der Waals surface area contributed by atoms with E-state index in [0.29, 0.717) is 11.3 Å². The Morgan fingerprint density at radius 1 is 0.933 bits per heavy atom. The summed E-state index contributed by atoms with van der Waals surface area (Å²) in [4.78, 5) is 29.1. The third-order valence-corrected chi connectivity index (χ3v) is 6.45. The molecule has 0 N–H and O–H groups in total. The lowest BCUT2D eigenvalue weighted by atomic mass is 9.89. The summed E-state index contributed by atoms with van der Waals surface area (Å²) in [6.45, 7) is 11.2. The highest BCUT2D eigenvalue weighted by Gasteiger charge is 2.35. The molecular weight excluding hydrogens is 394 g/mol. The summed E-state index contributed by atoms with van der Waals surface area (Å²) in [5.74, 6) is 0.237. The third-order valence-electron chi connectivity index (χ3n) is 5.44. The molecule has 0 spiro atoms. The first-order valence-electron chi connectivity index (χ1n) is 10.3. The van der Waals surface area contributed by atoms with Crippen molar-refractivity contribution in [1.82, 2.24) is 4.90 Å². The number of hydrogen-bond acceptors (Lipinski definition) is 5. The molecule has 30 heavy (non-hydrogen) atoms. The summed E-state index contributed by atoms with van der Waals surface area (Å²) in [6.07, 6.45) is 3.58. The van der Waals surface area contributed by atoms with Crippen LogP contribution in [0.25, 0.3) is 0 Å². The SMILES string of the molecule is C=C(C)C(=O)Oc1ccc(Sc2ccc(C(=O)C(C)(C)N3CCCCC3)cc2)cc1. The topological polar surface area (TPSA) is 46.6 Å². The number of Topliss-reactive ketones (excluding diaryl/α,β-unsaturated/α-hetero) is 1. The molecule has 0 aromatic heterocycles. The van der Waals surface area contributed by atoms with Crippen LogP contribution < -0.4 is 4.74 Å². The molecule has 5 heteroatoms. The average molecular weight is 424 g/mol. The van der Waals surface area contributed by atoms with Crippen LogP contribution in [0.15, 0.2) is 70.5 Å². The highest BCUT2D eigenvalue weighted by molar-refractivity contribution is 7.99. The van der Waals surface area contributed by atoms with E-state index in [9.17, 15) is 9.59 Å². The number of piperidine rings is 1. The van der Waals surface area contributed by atoms with Gasteiger partial charge in [0.15, 0.2) is 5.78 Å². The fourth-order valence-corrected chi connectivity index (χ4v) is 4.35. The Bertz CT molecular complexity index is 910. The normalized spacial score (nSPS) is 14.9. The van der Waals surface area contributed by atoms with Crippen molar-refractivity contribution in [1.29, 1.82) is 0 Å². The van der Waals surface area contributed by atoms with Crippen LogP contribution in [0, 0.1) is 0 Å². The van der Waals surface area contributed by atoms with E-state index in [-0.39, 0.29) is 5.78 Å². The Kier molecular flexibility index (Phi) is 7.16. The van der Waals surface area contributed by atoms with Crippen LogP contribution in [0.1, 0.15) is 50.4 Å². The smallest absolute Gasteiger partial charge is 0.338 e. The van der Waals surface area contributed by atoms with Gasteiger partial charge in [-0.25, -0.2) is 4.79 Å². The van der Waals surface area contributed by atoms with Crippen molar-refractivity contribution < 1.29 is 14.3 Å². The van der Waals surface area contributed by atoms with E-state index in [2.05, 4.69) is 11.5 Å². The molecule has 0 atom stereocenters. The number of hydrogen-bond donors (Lipinski definition) is 0. The van der Waals surface area contributed by atoms with Crippen LogP contribution in [0.4, 0.5) is 0 Å². The number of likely N-dealkylation sites (tertiary alicyclic amines) is 1. The predicted molar refractivity (Wildman–Crippen MR) is 121 cm³/mol. The second-order valence-corrected chi connectivity index (χ2v) is 9.35. The molecule has 2 aromatic carbocycles. The molecule has 0 bridgehead atoms. The molecule has 1 heterocycles. The molecule has 4 nitrogen and oxygen atoms in total. The van der Waals surface area contributed by atoms with Crippen molar-refractivity contribution in [3.8, 4) is 5.75 Å². The van der Waals surface area contributed by atoms with Gasteiger partial charge < -0.3 is 4.74 Å². The first kappa shape index (κ1) is 22.3. The van der Waals surface area contributed by atoms with E-state index < -0.39 is 11.5 Å². The molecule has 1 aliphatic rings. The number of ketones is 1. The van der Waals surface area contributed by atoms with Crippen molar-refractivity contribution in [2.75, 3.05) is 13.1 Å². The maximum atomic E-state index is 13.1. The van der Waals surface area contributed by atoms with Gasteiger partial charge in [-0.2, -0.15) is 0 Å². The Balaban J connectivity index is 1.63. The van der Waals surface area contributed by atoms with Gasteiger partial charge in [0.2, 0.25) is 0 Å². The molecule has 2 aromatic rings. The van der Waals surface area contributed by atoms with Gasteiger partial charge in [-0.1, -0.05) is 36.9 Å². The van der Waals surface area contributed by atoms with Gasteiger partial charge in [-0.15, -0.1) is 0 Å². The standard InChI is InChI=1S/C25H29NO3S/c1-18(2)24(28)29-20-10-14-22(15-11-20)30-21-12-8-19(9-13-21)23(27)25(3,4)26-16-6-5-7-17-26/h8-15H,1,5-7,16-17H2,2-4H3. The third kappa shape index (κ3) is 5.41. The van der Waals surface area contributed by atoms with Crippen molar-refractivity contribution in [2.24, 2.45) is 0 Å². The first-order valence-corrected chi connectivity index (χ1v) is 11.1. The van der Waals surface area contributed by atoms with E-state index >= 15 is 0 Å². The molecular formula is C25H29NO3S. The minimum absolute atomic E-state index is 0.171. The van der Waals surface area contributed by atoms with Gasteiger partial charge in [0, 0.05) is 20.9 Å². The van der Waals surface area contributed by atoms with Crippen LogP contribution in [0.5, 0.6) is 5.75 Å². The van der Waals surface area contributed by atoms with Crippen LogP contribution >= 0.6 is 11.8 Å². The maximum absolute atomic E-state index is 13.1. The summed E-state index contributed by atoms with van der Waals surface area (Å²) < 4.78 is 5.22. The average Bonchev–Trinajstić information content (AvgIpc) is 2.75. The van der Waals surface area contributed by atoms with Gasteiger partial charge in [-0.3, -0.25) is 9.69 Å². The maximum Gasteiger partial charge on any atom is 0.338 e. The molecule has 1 fully saturated rings. The predicted octanol–water partition coefficient (Wildman–Crippen LogP) is 5.77. The number of carbonyl (C=O) groups excluding carboxylic acids is 2.